The monoisotopic (exact) mass is 324 g/mol. The van der Waals surface area contributed by atoms with E-state index in [9.17, 15) is 4.57 Å². The van der Waals surface area contributed by atoms with Gasteiger partial charge >= 0.3 is 8.25 Å². The summed E-state index contributed by atoms with van der Waals surface area (Å²) < 4.78 is 21.3. The van der Waals surface area contributed by atoms with E-state index in [-0.39, 0.29) is 6.79 Å². The molecule has 0 radical (unpaired) electrons. The molecule has 0 saturated heterocycles. The van der Waals surface area contributed by atoms with Crippen LogP contribution in [-0.4, -0.2) is 11.7 Å². The summed E-state index contributed by atoms with van der Waals surface area (Å²) in [5.74, 6) is 3.29. The molecule has 4 nitrogen and oxygen atoms in total. The molecule has 3 atom stereocenters. The quantitative estimate of drug-likeness (QED) is 0.567. The standard InChI is InChI=1S/C17H25O4P/c1-11(13-6-7-13)15-4-3-5-16(12(2)14-8-9-14)17(15)20-10-21-22(18)19/h3-5,11-14,22H,6-10H2,1-2H3,(H,18,19)/t11-,12+. The van der Waals surface area contributed by atoms with Crippen LogP contribution in [0.5, 0.6) is 5.75 Å². The van der Waals surface area contributed by atoms with Gasteiger partial charge in [0.05, 0.1) is 0 Å². The van der Waals surface area contributed by atoms with Crippen molar-refractivity contribution in [1.82, 2.24) is 0 Å². The van der Waals surface area contributed by atoms with E-state index in [0.717, 1.165) is 17.6 Å². The molecule has 2 saturated carbocycles. The Morgan fingerprint density at radius 2 is 1.64 bits per heavy atom. The predicted octanol–water partition coefficient (Wildman–Crippen LogP) is 4.45. The summed E-state index contributed by atoms with van der Waals surface area (Å²) in [6.45, 7) is 4.34. The molecule has 3 rings (SSSR count). The number of hydrogen-bond acceptors (Lipinski definition) is 3. The Morgan fingerprint density at radius 1 is 1.14 bits per heavy atom. The highest BCUT2D eigenvalue weighted by Crippen LogP contribution is 2.49. The van der Waals surface area contributed by atoms with Crippen molar-refractivity contribution in [3.63, 3.8) is 0 Å². The molecule has 1 unspecified atom stereocenters. The summed E-state index contributed by atoms with van der Waals surface area (Å²) >= 11 is 0. The van der Waals surface area contributed by atoms with E-state index >= 15 is 0 Å². The maximum Gasteiger partial charge on any atom is 0.319 e. The molecular formula is C17H25O4P. The van der Waals surface area contributed by atoms with Gasteiger partial charge in [0.15, 0.2) is 6.79 Å². The van der Waals surface area contributed by atoms with Crippen LogP contribution in [0, 0.1) is 11.8 Å². The molecule has 1 aromatic rings. The van der Waals surface area contributed by atoms with Gasteiger partial charge in [-0.1, -0.05) is 32.0 Å². The van der Waals surface area contributed by atoms with Crippen molar-refractivity contribution in [3.8, 4) is 5.75 Å². The average molecular weight is 324 g/mol. The Hall–Kier alpha value is -0.830. The van der Waals surface area contributed by atoms with E-state index in [1.165, 1.54) is 36.8 Å². The zero-order valence-electron chi connectivity index (χ0n) is 13.2. The highest BCUT2D eigenvalue weighted by atomic mass is 31.1. The molecule has 122 valence electrons. The fraction of sp³-hybridized carbons (Fsp3) is 0.647. The van der Waals surface area contributed by atoms with E-state index in [0.29, 0.717) is 11.8 Å². The lowest BCUT2D eigenvalue weighted by Gasteiger charge is -2.22. The van der Waals surface area contributed by atoms with Crippen LogP contribution in [-0.2, 0) is 9.09 Å². The van der Waals surface area contributed by atoms with Crippen LogP contribution in [0.15, 0.2) is 18.2 Å². The predicted molar refractivity (Wildman–Crippen MR) is 86.5 cm³/mol. The molecule has 0 spiro atoms. The Kier molecular flexibility index (Phi) is 4.91. The summed E-state index contributed by atoms with van der Waals surface area (Å²) in [6.07, 6.45) is 5.13. The Bertz CT molecular complexity index is 515. The number of rotatable bonds is 8. The number of hydrogen-bond donors (Lipinski definition) is 1. The number of benzene rings is 1. The lowest BCUT2D eigenvalue weighted by Crippen LogP contribution is -2.09. The second-order valence-corrected chi connectivity index (χ2v) is 7.51. The highest BCUT2D eigenvalue weighted by Gasteiger charge is 2.34. The van der Waals surface area contributed by atoms with E-state index < -0.39 is 8.25 Å². The van der Waals surface area contributed by atoms with E-state index in [2.05, 4.69) is 32.0 Å². The molecular weight excluding hydrogens is 299 g/mol. The summed E-state index contributed by atoms with van der Waals surface area (Å²) in [5.41, 5.74) is 2.43. The smallest absolute Gasteiger partial charge is 0.319 e. The summed E-state index contributed by atoms with van der Waals surface area (Å²) in [5, 5.41) is 0. The fourth-order valence-corrected chi connectivity index (χ4v) is 3.46. The second kappa shape index (κ2) is 6.74. The summed E-state index contributed by atoms with van der Waals surface area (Å²) in [4.78, 5) is 8.83. The molecule has 22 heavy (non-hydrogen) atoms. The van der Waals surface area contributed by atoms with Gasteiger partial charge in [-0.15, -0.1) is 0 Å². The maximum absolute atomic E-state index is 10.7. The van der Waals surface area contributed by atoms with Gasteiger partial charge in [-0.05, 0) is 60.5 Å². The van der Waals surface area contributed by atoms with Gasteiger partial charge in [0, 0.05) is 0 Å². The van der Waals surface area contributed by atoms with Crippen LogP contribution in [0.25, 0.3) is 0 Å². The van der Waals surface area contributed by atoms with Gasteiger partial charge in [-0.2, -0.15) is 0 Å². The van der Waals surface area contributed by atoms with Gasteiger partial charge in [-0.3, -0.25) is 9.09 Å². The molecule has 2 aliphatic rings. The van der Waals surface area contributed by atoms with Gasteiger partial charge in [-0.25, -0.2) is 0 Å². The molecule has 2 aliphatic carbocycles. The van der Waals surface area contributed by atoms with E-state index in [1.807, 2.05) is 0 Å². The lowest BCUT2D eigenvalue weighted by atomic mass is 9.88. The fourth-order valence-electron chi connectivity index (χ4n) is 3.30. The Labute approximate surface area is 132 Å². The maximum atomic E-state index is 10.7. The molecule has 0 amide bonds. The third-order valence-corrected chi connectivity index (χ3v) is 5.47. The van der Waals surface area contributed by atoms with Crippen molar-refractivity contribution in [3.05, 3.63) is 29.3 Å². The minimum Gasteiger partial charge on any atom is -0.466 e. The van der Waals surface area contributed by atoms with Gasteiger partial charge in [0.25, 0.3) is 0 Å². The molecule has 0 aliphatic heterocycles. The van der Waals surface area contributed by atoms with Crippen molar-refractivity contribution < 1.29 is 18.7 Å². The lowest BCUT2D eigenvalue weighted by molar-refractivity contribution is 0.112. The van der Waals surface area contributed by atoms with Crippen LogP contribution < -0.4 is 4.74 Å². The van der Waals surface area contributed by atoms with Crippen LogP contribution in [0.1, 0.15) is 62.5 Å². The minimum absolute atomic E-state index is 0.160. The second-order valence-electron chi connectivity index (χ2n) is 6.69. The van der Waals surface area contributed by atoms with Crippen molar-refractivity contribution in [1.29, 1.82) is 0 Å². The zero-order chi connectivity index (χ0) is 15.7. The first kappa shape index (κ1) is 16.0. The topological polar surface area (TPSA) is 55.8 Å². The van der Waals surface area contributed by atoms with Crippen molar-refractivity contribution in [2.24, 2.45) is 11.8 Å². The van der Waals surface area contributed by atoms with Crippen molar-refractivity contribution >= 4 is 8.25 Å². The van der Waals surface area contributed by atoms with Crippen LogP contribution in [0.3, 0.4) is 0 Å². The summed E-state index contributed by atoms with van der Waals surface area (Å²) in [6, 6.07) is 6.37. The van der Waals surface area contributed by atoms with Crippen LogP contribution in [0.4, 0.5) is 0 Å². The third-order valence-electron chi connectivity index (χ3n) is 5.10. The highest BCUT2D eigenvalue weighted by molar-refractivity contribution is 7.32. The molecule has 1 N–H and O–H groups in total. The number of ether oxygens (including phenoxy) is 1. The molecule has 0 aromatic heterocycles. The Morgan fingerprint density at radius 3 is 2.05 bits per heavy atom. The van der Waals surface area contributed by atoms with Gasteiger partial charge < -0.3 is 9.63 Å². The molecule has 0 heterocycles. The van der Waals surface area contributed by atoms with Gasteiger partial charge in [0.1, 0.15) is 5.75 Å². The van der Waals surface area contributed by atoms with Crippen molar-refractivity contribution in [2.75, 3.05) is 6.79 Å². The third kappa shape index (κ3) is 3.73. The number of para-hydroxylation sites is 1. The van der Waals surface area contributed by atoms with E-state index in [1.54, 1.807) is 0 Å². The molecule has 0 bridgehead atoms. The molecule has 1 aromatic carbocycles. The van der Waals surface area contributed by atoms with Crippen LogP contribution >= 0.6 is 8.25 Å². The first-order chi connectivity index (χ1) is 10.6. The first-order valence-electron chi connectivity index (χ1n) is 8.19. The SMILES string of the molecule is C[C@H](c1cccc([C@H](C)C2CC2)c1OCO[PH](=O)O)C1CC1. The minimum atomic E-state index is -2.95. The zero-order valence-corrected chi connectivity index (χ0v) is 14.2. The Balaban J connectivity index is 1.86. The largest absolute Gasteiger partial charge is 0.466 e. The molecule has 5 heteroatoms. The normalized spacial score (nSPS) is 22.1. The summed E-state index contributed by atoms with van der Waals surface area (Å²) in [7, 11) is -2.95. The van der Waals surface area contributed by atoms with E-state index in [4.69, 9.17) is 14.2 Å². The van der Waals surface area contributed by atoms with Crippen LogP contribution in [0.2, 0.25) is 0 Å². The first-order valence-corrected chi connectivity index (χ1v) is 9.45. The molecule has 2 fully saturated rings. The average Bonchev–Trinajstić information content (AvgIpc) is 3.38. The van der Waals surface area contributed by atoms with Crippen molar-refractivity contribution in [2.45, 2.75) is 51.4 Å². The van der Waals surface area contributed by atoms with Gasteiger partial charge in [0.2, 0.25) is 0 Å².